The molecule has 0 aliphatic rings. The minimum atomic E-state index is -0.00716. The van der Waals surface area contributed by atoms with Gasteiger partial charge in [0.25, 0.3) is 0 Å². The van der Waals surface area contributed by atoms with Crippen molar-refractivity contribution in [2.75, 3.05) is 20.2 Å². The molecule has 0 spiro atoms. The monoisotopic (exact) mass is 332 g/mol. The number of benzene rings is 1. The highest BCUT2D eigenvalue weighted by Gasteiger charge is 2.20. The Hall–Kier alpha value is -1.69. The van der Waals surface area contributed by atoms with Crippen molar-refractivity contribution >= 4 is 17.2 Å². The van der Waals surface area contributed by atoms with Gasteiger partial charge in [-0.05, 0) is 37.4 Å². The number of hydrogen-bond acceptors (Lipinski definition) is 4. The van der Waals surface area contributed by atoms with Crippen LogP contribution in [0.1, 0.15) is 35.9 Å². The Morgan fingerprint density at radius 1 is 1.26 bits per heavy atom. The average Bonchev–Trinajstić information content (AvgIpc) is 3.07. The molecule has 0 aliphatic heterocycles. The first kappa shape index (κ1) is 17.7. The summed E-state index contributed by atoms with van der Waals surface area (Å²) in [5.74, 6) is -0.00716. The maximum atomic E-state index is 12.3. The highest BCUT2D eigenvalue weighted by molar-refractivity contribution is 7.10. The van der Waals surface area contributed by atoms with Crippen LogP contribution in [0, 0.1) is 0 Å². The third-order valence-corrected chi connectivity index (χ3v) is 4.91. The highest BCUT2D eigenvalue weighted by Crippen LogP contribution is 2.23. The Labute approximate surface area is 141 Å². The molecular weight excluding hydrogens is 308 g/mol. The van der Waals surface area contributed by atoms with Crippen LogP contribution in [0.15, 0.2) is 47.8 Å². The lowest BCUT2D eigenvalue weighted by molar-refractivity contribution is -0.123. The Morgan fingerprint density at radius 2 is 2.00 bits per heavy atom. The second-order valence-electron chi connectivity index (χ2n) is 5.66. The largest absolute Gasteiger partial charge is 0.396 e. The number of amides is 1. The number of nitrogens with one attached hydrogen (secondary N) is 1. The number of carbonyl (C=O) groups is 1. The first-order valence-electron chi connectivity index (χ1n) is 7.80. The van der Waals surface area contributed by atoms with Crippen LogP contribution in [-0.2, 0) is 4.79 Å². The van der Waals surface area contributed by atoms with Gasteiger partial charge in [0.05, 0.1) is 12.6 Å². The van der Waals surface area contributed by atoms with Crippen molar-refractivity contribution in [1.82, 2.24) is 10.2 Å². The number of likely N-dealkylation sites (N-methyl/N-ethyl adjacent to an activating group) is 1. The number of thiophene rings is 1. The van der Waals surface area contributed by atoms with Crippen molar-refractivity contribution in [2.24, 2.45) is 0 Å². The van der Waals surface area contributed by atoms with Gasteiger partial charge >= 0.3 is 0 Å². The summed E-state index contributed by atoms with van der Waals surface area (Å²) in [6.07, 6.45) is 0.605. The second-order valence-corrected chi connectivity index (χ2v) is 6.64. The van der Waals surface area contributed by atoms with E-state index in [0.717, 1.165) is 10.4 Å². The average molecular weight is 332 g/mol. The van der Waals surface area contributed by atoms with Gasteiger partial charge in [-0.2, -0.15) is 0 Å². The van der Waals surface area contributed by atoms with Crippen molar-refractivity contribution in [3.63, 3.8) is 0 Å². The number of aliphatic hydroxyl groups is 1. The summed E-state index contributed by atoms with van der Waals surface area (Å²) in [6.45, 7) is 2.39. The van der Waals surface area contributed by atoms with Gasteiger partial charge in [0, 0.05) is 17.5 Å². The van der Waals surface area contributed by atoms with Gasteiger partial charge in [-0.15, -0.1) is 11.3 Å². The number of nitrogens with zero attached hydrogens (tertiary/aromatic N) is 1. The van der Waals surface area contributed by atoms with Crippen LogP contribution in [0.2, 0.25) is 0 Å². The van der Waals surface area contributed by atoms with Gasteiger partial charge in [0.2, 0.25) is 5.91 Å². The molecule has 1 amide bonds. The number of aliphatic hydroxyl groups excluding tert-OH is 1. The minimum Gasteiger partial charge on any atom is -0.396 e. The third kappa shape index (κ3) is 5.16. The predicted molar refractivity (Wildman–Crippen MR) is 94.4 cm³/mol. The van der Waals surface area contributed by atoms with E-state index < -0.39 is 0 Å². The van der Waals surface area contributed by atoms with E-state index in [0.29, 0.717) is 13.0 Å². The molecule has 2 aromatic rings. The fourth-order valence-electron chi connectivity index (χ4n) is 2.67. The van der Waals surface area contributed by atoms with Crippen LogP contribution in [0.25, 0.3) is 0 Å². The van der Waals surface area contributed by atoms with Gasteiger partial charge in [-0.25, -0.2) is 0 Å². The number of hydrogen-bond donors (Lipinski definition) is 2. The Balaban J connectivity index is 1.95. The van der Waals surface area contributed by atoms with Crippen molar-refractivity contribution in [2.45, 2.75) is 25.4 Å². The summed E-state index contributed by atoms with van der Waals surface area (Å²) < 4.78 is 0. The zero-order valence-electron chi connectivity index (χ0n) is 13.6. The quantitative estimate of drug-likeness (QED) is 0.781. The van der Waals surface area contributed by atoms with E-state index in [2.05, 4.69) is 5.32 Å². The fraction of sp³-hybridized carbons (Fsp3) is 0.389. The van der Waals surface area contributed by atoms with Gasteiger partial charge in [-0.1, -0.05) is 36.4 Å². The summed E-state index contributed by atoms with van der Waals surface area (Å²) in [4.78, 5) is 15.4. The molecule has 2 N–H and O–H groups in total. The van der Waals surface area contributed by atoms with Gasteiger partial charge in [0.1, 0.15) is 0 Å². The maximum absolute atomic E-state index is 12.3. The van der Waals surface area contributed by atoms with Crippen LogP contribution in [0.3, 0.4) is 0 Å². The molecule has 0 bridgehead atoms. The first-order chi connectivity index (χ1) is 11.1. The van der Waals surface area contributed by atoms with Crippen LogP contribution < -0.4 is 5.32 Å². The van der Waals surface area contributed by atoms with Crippen LogP contribution in [-0.4, -0.2) is 36.1 Å². The fourth-order valence-corrected chi connectivity index (χ4v) is 3.41. The SMILES string of the molecule is CC(NC(=O)CN(C)C(CCO)c1ccccc1)c1cccs1. The normalized spacial score (nSPS) is 13.7. The second kappa shape index (κ2) is 8.82. The van der Waals surface area contributed by atoms with E-state index in [1.165, 1.54) is 0 Å². The molecule has 0 aliphatic carbocycles. The summed E-state index contributed by atoms with van der Waals surface area (Å²) >= 11 is 1.64. The molecule has 1 heterocycles. The van der Waals surface area contributed by atoms with E-state index in [1.54, 1.807) is 11.3 Å². The number of rotatable bonds is 8. The molecule has 4 nitrogen and oxygen atoms in total. The lowest BCUT2D eigenvalue weighted by Crippen LogP contribution is -2.38. The van der Waals surface area contributed by atoms with Crippen molar-refractivity contribution in [1.29, 1.82) is 0 Å². The summed E-state index contributed by atoms with van der Waals surface area (Å²) in [7, 11) is 1.92. The molecule has 0 fully saturated rings. The minimum absolute atomic E-state index is 0.00716. The third-order valence-electron chi connectivity index (χ3n) is 3.86. The Morgan fingerprint density at radius 3 is 2.61 bits per heavy atom. The predicted octanol–water partition coefficient (Wildman–Crippen LogP) is 2.98. The summed E-state index contributed by atoms with van der Waals surface area (Å²) in [5, 5.41) is 14.4. The molecule has 1 aromatic heterocycles. The van der Waals surface area contributed by atoms with E-state index in [-0.39, 0.29) is 24.6 Å². The molecule has 1 aromatic carbocycles. The zero-order chi connectivity index (χ0) is 16.7. The molecule has 0 radical (unpaired) electrons. The van der Waals surface area contributed by atoms with Gasteiger partial charge < -0.3 is 10.4 Å². The molecule has 2 rings (SSSR count). The first-order valence-corrected chi connectivity index (χ1v) is 8.68. The topological polar surface area (TPSA) is 52.6 Å². The molecule has 124 valence electrons. The molecule has 5 heteroatoms. The summed E-state index contributed by atoms with van der Waals surface area (Å²) in [6, 6.07) is 14.0. The lowest BCUT2D eigenvalue weighted by atomic mass is 10.0. The molecule has 23 heavy (non-hydrogen) atoms. The Kier molecular flexibility index (Phi) is 6.77. The molecule has 2 unspecified atom stereocenters. The van der Waals surface area contributed by atoms with Gasteiger partial charge in [-0.3, -0.25) is 9.69 Å². The van der Waals surface area contributed by atoms with Crippen LogP contribution in [0.5, 0.6) is 0 Å². The van der Waals surface area contributed by atoms with E-state index in [1.807, 2.05) is 66.7 Å². The zero-order valence-corrected chi connectivity index (χ0v) is 14.4. The smallest absolute Gasteiger partial charge is 0.234 e. The molecule has 0 saturated carbocycles. The molecular formula is C18H24N2O2S. The standard InChI is InChI=1S/C18H24N2O2S/c1-14(17-9-6-12-23-17)19-18(22)13-20(2)16(10-11-21)15-7-4-3-5-8-15/h3-9,12,14,16,21H,10-11,13H2,1-2H3,(H,19,22). The van der Waals surface area contributed by atoms with Crippen LogP contribution in [0.4, 0.5) is 0 Å². The van der Waals surface area contributed by atoms with E-state index in [9.17, 15) is 9.90 Å². The van der Waals surface area contributed by atoms with Crippen molar-refractivity contribution in [3.8, 4) is 0 Å². The van der Waals surface area contributed by atoms with Crippen molar-refractivity contribution in [3.05, 3.63) is 58.3 Å². The number of carbonyl (C=O) groups excluding carboxylic acids is 1. The van der Waals surface area contributed by atoms with E-state index in [4.69, 9.17) is 0 Å². The summed E-state index contributed by atoms with van der Waals surface area (Å²) in [5.41, 5.74) is 1.11. The highest BCUT2D eigenvalue weighted by atomic mass is 32.1. The maximum Gasteiger partial charge on any atom is 0.234 e. The lowest BCUT2D eigenvalue weighted by Gasteiger charge is -2.28. The van der Waals surface area contributed by atoms with Gasteiger partial charge in [0.15, 0.2) is 0 Å². The Bertz CT molecular complexity index is 586. The molecule has 2 atom stereocenters. The van der Waals surface area contributed by atoms with Crippen LogP contribution >= 0.6 is 11.3 Å². The van der Waals surface area contributed by atoms with E-state index >= 15 is 0 Å². The molecule has 0 saturated heterocycles. The van der Waals surface area contributed by atoms with Crippen molar-refractivity contribution < 1.29 is 9.90 Å².